The quantitative estimate of drug-likeness (QED) is 0.413. The molecule has 0 N–H and O–H groups in total. The number of ether oxygens (including phenoxy) is 1. The Bertz CT molecular complexity index is 1310. The second-order valence-electron chi connectivity index (χ2n) is 7.23. The summed E-state index contributed by atoms with van der Waals surface area (Å²) in [7, 11) is 4.43. The lowest BCUT2D eigenvalue weighted by Gasteiger charge is -2.19. The molecule has 0 bridgehead atoms. The van der Waals surface area contributed by atoms with Gasteiger partial charge in [0.15, 0.2) is 0 Å². The molecule has 0 atom stereocenters. The van der Waals surface area contributed by atoms with Crippen LogP contribution in [-0.2, 0) is 13.2 Å². The molecule has 0 amide bonds. The van der Waals surface area contributed by atoms with E-state index in [2.05, 4.69) is 20.1 Å². The number of halogens is 4. The van der Waals surface area contributed by atoms with Crippen LogP contribution >= 0.6 is 0 Å². The predicted molar refractivity (Wildman–Crippen MR) is 112 cm³/mol. The van der Waals surface area contributed by atoms with E-state index < -0.39 is 17.6 Å². The zero-order valence-electron chi connectivity index (χ0n) is 18.1. The number of anilines is 2. The summed E-state index contributed by atoms with van der Waals surface area (Å²) in [4.78, 5) is 14.2. The smallest absolute Gasteiger partial charge is 0.416 e. The van der Waals surface area contributed by atoms with Crippen molar-refractivity contribution in [3.63, 3.8) is 0 Å². The van der Waals surface area contributed by atoms with Crippen LogP contribution in [0.4, 0.5) is 29.2 Å². The van der Waals surface area contributed by atoms with Crippen LogP contribution in [0.5, 0.6) is 5.88 Å². The molecular formula is C21H19F4N7O. The highest BCUT2D eigenvalue weighted by Gasteiger charge is 2.32. The minimum absolute atomic E-state index is 0.123. The molecule has 12 heteroatoms. The number of nitrogens with zero attached hydrogens (tertiary/aromatic N) is 7. The van der Waals surface area contributed by atoms with Crippen molar-refractivity contribution in [2.45, 2.75) is 13.1 Å². The van der Waals surface area contributed by atoms with Gasteiger partial charge in [0, 0.05) is 20.3 Å². The molecule has 3 aromatic heterocycles. The summed E-state index contributed by atoms with van der Waals surface area (Å²) in [5.41, 5.74) is 0.587. The standard InChI is InChI=1S/C21H19F4N7O/c1-12-10-32(11-26-12)16-8-7-15(27-19(16)33-4)18-28-20(31(3)29-18)30(2)17-9-13(21(23,24)25)5-6-14(17)22/h5-11H,1-4H3. The van der Waals surface area contributed by atoms with Gasteiger partial charge in [-0.1, -0.05) is 0 Å². The Balaban J connectivity index is 1.71. The van der Waals surface area contributed by atoms with Gasteiger partial charge in [-0.25, -0.2) is 19.0 Å². The highest BCUT2D eigenvalue weighted by atomic mass is 19.4. The molecule has 1 aromatic carbocycles. The van der Waals surface area contributed by atoms with Crippen molar-refractivity contribution in [1.29, 1.82) is 0 Å². The van der Waals surface area contributed by atoms with Gasteiger partial charge >= 0.3 is 6.18 Å². The lowest BCUT2D eigenvalue weighted by Crippen LogP contribution is -2.17. The summed E-state index contributed by atoms with van der Waals surface area (Å²) in [6, 6.07) is 5.63. The number of alkyl halides is 3. The lowest BCUT2D eigenvalue weighted by atomic mass is 10.2. The van der Waals surface area contributed by atoms with Crippen LogP contribution in [0.1, 0.15) is 11.3 Å². The molecule has 33 heavy (non-hydrogen) atoms. The van der Waals surface area contributed by atoms with Crippen LogP contribution in [0.3, 0.4) is 0 Å². The van der Waals surface area contributed by atoms with Crippen molar-refractivity contribution in [1.82, 2.24) is 29.3 Å². The van der Waals surface area contributed by atoms with Crippen molar-refractivity contribution in [3.05, 3.63) is 59.9 Å². The normalized spacial score (nSPS) is 11.6. The summed E-state index contributed by atoms with van der Waals surface area (Å²) < 4.78 is 62.1. The number of aryl methyl sites for hydroxylation is 2. The number of imidazole rings is 1. The largest absolute Gasteiger partial charge is 0.479 e. The monoisotopic (exact) mass is 461 g/mol. The van der Waals surface area contributed by atoms with Gasteiger partial charge in [0.05, 0.1) is 30.4 Å². The Morgan fingerprint density at radius 1 is 1.09 bits per heavy atom. The zero-order valence-corrected chi connectivity index (χ0v) is 18.1. The first-order valence-corrected chi connectivity index (χ1v) is 9.66. The zero-order chi connectivity index (χ0) is 23.9. The van der Waals surface area contributed by atoms with Gasteiger partial charge in [-0.3, -0.25) is 0 Å². The van der Waals surface area contributed by atoms with Crippen LogP contribution in [0.2, 0.25) is 0 Å². The van der Waals surface area contributed by atoms with Crippen LogP contribution in [-0.4, -0.2) is 43.5 Å². The van der Waals surface area contributed by atoms with Gasteiger partial charge in [0.25, 0.3) is 0 Å². The van der Waals surface area contributed by atoms with E-state index in [1.54, 1.807) is 30.1 Å². The third-order valence-electron chi connectivity index (χ3n) is 4.93. The fraction of sp³-hybridized carbons (Fsp3) is 0.238. The Labute approximate surface area is 186 Å². The van der Waals surface area contributed by atoms with E-state index in [0.717, 1.165) is 17.8 Å². The van der Waals surface area contributed by atoms with E-state index >= 15 is 0 Å². The molecule has 0 spiro atoms. The van der Waals surface area contributed by atoms with Crippen LogP contribution < -0.4 is 9.64 Å². The predicted octanol–water partition coefficient (Wildman–Crippen LogP) is 4.31. The number of benzene rings is 1. The van der Waals surface area contributed by atoms with E-state index in [4.69, 9.17) is 4.74 Å². The first kappa shape index (κ1) is 22.2. The van der Waals surface area contributed by atoms with Gasteiger partial charge in [-0.2, -0.15) is 18.2 Å². The SMILES string of the molecule is COc1nc(-c2nc(N(C)c3cc(C(F)(F)F)ccc3F)n(C)n2)ccc1-n1cnc(C)c1. The number of methoxy groups -OCH3 is 1. The van der Waals surface area contributed by atoms with Crippen molar-refractivity contribution >= 4 is 11.6 Å². The van der Waals surface area contributed by atoms with Crippen LogP contribution in [0.15, 0.2) is 42.9 Å². The second-order valence-corrected chi connectivity index (χ2v) is 7.23. The third-order valence-corrected chi connectivity index (χ3v) is 4.93. The maximum Gasteiger partial charge on any atom is 0.416 e. The first-order valence-electron chi connectivity index (χ1n) is 9.66. The molecule has 0 saturated carbocycles. The average Bonchev–Trinajstić information content (AvgIpc) is 3.38. The number of hydrogen-bond acceptors (Lipinski definition) is 6. The van der Waals surface area contributed by atoms with E-state index in [-0.39, 0.29) is 17.5 Å². The van der Waals surface area contributed by atoms with Gasteiger partial charge in [-0.15, -0.1) is 5.10 Å². The molecular weight excluding hydrogens is 442 g/mol. The molecule has 3 heterocycles. The molecule has 0 aliphatic rings. The number of pyridine rings is 1. The van der Waals surface area contributed by atoms with E-state index in [0.29, 0.717) is 23.3 Å². The lowest BCUT2D eigenvalue weighted by molar-refractivity contribution is -0.137. The molecule has 0 unspecified atom stereocenters. The maximum absolute atomic E-state index is 14.4. The minimum atomic E-state index is -4.61. The first-order chi connectivity index (χ1) is 15.6. The Morgan fingerprint density at radius 3 is 2.48 bits per heavy atom. The molecule has 0 saturated heterocycles. The number of aromatic nitrogens is 6. The molecule has 172 valence electrons. The minimum Gasteiger partial charge on any atom is -0.479 e. The summed E-state index contributed by atoms with van der Waals surface area (Å²) >= 11 is 0. The van der Waals surface area contributed by atoms with Crippen molar-refractivity contribution in [3.8, 4) is 23.1 Å². The van der Waals surface area contributed by atoms with Gasteiger partial charge < -0.3 is 14.2 Å². The maximum atomic E-state index is 14.4. The average molecular weight is 461 g/mol. The molecule has 4 aromatic rings. The van der Waals surface area contributed by atoms with Crippen molar-refractivity contribution in [2.75, 3.05) is 19.1 Å². The van der Waals surface area contributed by atoms with Crippen LogP contribution in [0.25, 0.3) is 17.2 Å². The van der Waals surface area contributed by atoms with Gasteiger partial charge in [0.2, 0.25) is 17.7 Å². The Kier molecular flexibility index (Phi) is 5.52. The number of rotatable bonds is 5. The van der Waals surface area contributed by atoms with Gasteiger partial charge in [-0.05, 0) is 37.3 Å². The summed E-state index contributed by atoms with van der Waals surface area (Å²) in [6.07, 6.45) is -1.16. The fourth-order valence-electron chi connectivity index (χ4n) is 3.29. The fourth-order valence-corrected chi connectivity index (χ4v) is 3.29. The topological polar surface area (TPSA) is 73.9 Å². The molecule has 0 fully saturated rings. The van der Waals surface area contributed by atoms with E-state index in [9.17, 15) is 17.6 Å². The molecule has 0 aliphatic heterocycles. The third kappa shape index (κ3) is 4.23. The van der Waals surface area contributed by atoms with Crippen molar-refractivity contribution < 1.29 is 22.3 Å². The highest BCUT2D eigenvalue weighted by Crippen LogP contribution is 2.35. The van der Waals surface area contributed by atoms with E-state index in [1.165, 1.54) is 23.7 Å². The summed E-state index contributed by atoms with van der Waals surface area (Å²) in [5, 5.41) is 4.29. The summed E-state index contributed by atoms with van der Waals surface area (Å²) in [6.45, 7) is 1.86. The number of hydrogen-bond donors (Lipinski definition) is 0. The van der Waals surface area contributed by atoms with Crippen LogP contribution in [0, 0.1) is 12.7 Å². The van der Waals surface area contributed by atoms with Gasteiger partial charge in [0.1, 0.15) is 17.2 Å². The molecule has 4 rings (SSSR count). The Morgan fingerprint density at radius 2 is 1.85 bits per heavy atom. The highest BCUT2D eigenvalue weighted by molar-refractivity contribution is 5.62. The molecule has 0 aliphatic carbocycles. The molecule has 8 nitrogen and oxygen atoms in total. The second kappa shape index (κ2) is 8.19. The molecule has 0 radical (unpaired) electrons. The Hall–Kier alpha value is -3.96. The van der Waals surface area contributed by atoms with E-state index in [1.807, 2.05) is 13.1 Å². The summed E-state index contributed by atoms with van der Waals surface area (Å²) in [5.74, 6) is -0.206. The van der Waals surface area contributed by atoms with Crippen molar-refractivity contribution in [2.24, 2.45) is 7.05 Å².